The van der Waals surface area contributed by atoms with Gasteiger partial charge in [0.1, 0.15) is 12.4 Å². The molecule has 0 saturated heterocycles. The maximum absolute atomic E-state index is 6.05. The van der Waals surface area contributed by atoms with E-state index in [9.17, 15) is 0 Å². The second-order valence-electron chi connectivity index (χ2n) is 6.65. The second kappa shape index (κ2) is 8.09. The molecule has 3 aromatic rings. The topological polar surface area (TPSA) is 14.2 Å². The van der Waals surface area contributed by atoms with E-state index in [1.165, 1.54) is 27.7 Å². The SMILES string of the molecule is C=C(C)c1c(/C=C\C)c2ccc(OCc3ccccc3)cc2n1CCC. The summed E-state index contributed by atoms with van der Waals surface area (Å²) in [4.78, 5) is 0. The van der Waals surface area contributed by atoms with Gasteiger partial charge in [-0.2, -0.15) is 0 Å². The van der Waals surface area contributed by atoms with Crippen LogP contribution in [0.2, 0.25) is 0 Å². The third kappa shape index (κ3) is 3.60. The van der Waals surface area contributed by atoms with Gasteiger partial charge in [0.25, 0.3) is 0 Å². The van der Waals surface area contributed by atoms with Crippen LogP contribution in [0.15, 0.2) is 61.2 Å². The number of hydrogen-bond acceptors (Lipinski definition) is 1. The highest BCUT2D eigenvalue weighted by molar-refractivity contribution is 5.96. The molecule has 0 spiro atoms. The summed E-state index contributed by atoms with van der Waals surface area (Å²) in [5.74, 6) is 0.900. The number of nitrogens with zero attached hydrogens (tertiary/aromatic N) is 1. The second-order valence-corrected chi connectivity index (χ2v) is 6.65. The molecule has 2 heteroatoms. The Morgan fingerprint density at radius 2 is 1.92 bits per heavy atom. The van der Waals surface area contributed by atoms with E-state index < -0.39 is 0 Å². The minimum Gasteiger partial charge on any atom is -0.489 e. The fourth-order valence-electron chi connectivity index (χ4n) is 3.44. The molecular formula is C24H27NO. The van der Waals surface area contributed by atoms with Crippen molar-refractivity contribution in [1.82, 2.24) is 4.57 Å². The first kappa shape index (κ1) is 18.1. The molecule has 0 bridgehead atoms. The largest absolute Gasteiger partial charge is 0.489 e. The van der Waals surface area contributed by atoms with Crippen LogP contribution in [0.1, 0.15) is 44.0 Å². The zero-order chi connectivity index (χ0) is 18.5. The van der Waals surface area contributed by atoms with Crippen molar-refractivity contribution >= 4 is 22.6 Å². The van der Waals surface area contributed by atoms with E-state index >= 15 is 0 Å². The first-order chi connectivity index (χ1) is 12.7. The Morgan fingerprint density at radius 3 is 2.58 bits per heavy atom. The van der Waals surface area contributed by atoms with Crippen molar-refractivity contribution in [3.05, 3.63) is 78.0 Å². The minimum absolute atomic E-state index is 0.579. The molecule has 0 aliphatic heterocycles. The lowest BCUT2D eigenvalue weighted by Gasteiger charge is -2.11. The van der Waals surface area contributed by atoms with Gasteiger partial charge < -0.3 is 9.30 Å². The third-order valence-electron chi connectivity index (χ3n) is 4.51. The van der Waals surface area contributed by atoms with Crippen molar-refractivity contribution in [3.8, 4) is 5.75 Å². The van der Waals surface area contributed by atoms with Crippen LogP contribution in [0, 0.1) is 0 Å². The van der Waals surface area contributed by atoms with Crippen molar-refractivity contribution in [2.45, 2.75) is 40.3 Å². The quantitative estimate of drug-likeness (QED) is 0.465. The van der Waals surface area contributed by atoms with E-state index in [0.717, 1.165) is 24.3 Å². The van der Waals surface area contributed by atoms with Crippen LogP contribution in [-0.4, -0.2) is 4.57 Å². The number of hydrogen-bond donors (Lipinski definition) is 0. The van der Waals surface area contributed by atoms with E-state index in [4.69, 9.17) is 4.74 Å². The summed E-state index contributed by atoms with van der Waals surface area (Å²) < 4.78 is 8.43. The zero-order valence-corrected chi connectivity index (χ0v) is 16.0. The molecule has 0 N–H and O–H groups in total. The van der Waals surface area contributed by atoms with Crippen molar-refractivity contribution in [2.75, 3.05) is 0 Å². The highest BCUT2D eigenvalue weighted by Gasteiger charge is 2.16. The van der Waals surface area contributed by atoms with Gasteiger partial charge >= 0.3 is 0 Å². The number of rotatable bonds is 7. The van der Waals surface area contributed by atoms with Crippen LogP contribution in [0.5, 0.6) is 5.75 Å². The Hall–Kier alpha value is -2.74. The first-order valence-electron chi connectivity index (χ1n) is 9.27. The van der Waals surface area contributed by atoms with Crippen molar-refractivity contribution in [2.24, 2.45) is 0 Å². The molecular weight excluding hydrogens is 318 g/mol. The molecule has 1 aromatic heterocycles. The third-order valence-corrected chi connectivity index (χ3v) is 4.51. The fraction of sp³-hybridized carbons (Fsp3) is 0.250. The van der Waals surface area contributed by atoms with E-state index in [-0.39, 0.29) is 0 Å². The molecule has 2 aromatic carbocycles. The number of aromatic nitrogens is 1. The Morgan fingerprint density at radius 1 is 1.15 bits per heavy atom. The maximum Gasteiger partial charge on any atom is 0.121 e. The van der Waals surface area contributed by atoms with Crippen LogP contribution in [-0.2, 0) is 13.2 Å². The molecule has 134 valence electrons. The van der Waals surface area contributed by atoms with Gasteiger partial charge in [0, 0.05) is 23.6 Å². The van der Waals surface area contributed by atoms with E-state index in [1.54, 1.807) is 0 Å². The summed E-state index contributed by atoms with van der Waals surface area (Å²) in [6.07, 6.45) is 5.36. The molecule has 0 aliphatic rings. The molecule has 0 fully saturated rings. The standard InChI is InChI=1S/C24H27NO/c1-5-10-22-21-14-13-20(26-17-19-11-8-7-9-12-19)16-23(21)25(15-6-2)24(22)18(3)4/h5,7-14,16H,3,6,15,17H2,1-2,4H3/b10-5-. The minimum atomic E-state index is 0.579. The smallest absolute Gasteiger partial charge is 0.121 e. The lowest BCUT2D eigenvalue weighted by Crippen LogP contribution is -2.01. The summed E-state index contributed by atoms with van der Waals surface area (Å²) in [6.45, 7) is 12.1. The number of benzene rings is 2. The van der Waals surface area contributed by atoms with Crippen molar-refractivity contribution < 1.29 is 4.74 Å². The fourth-order valence-corrected chi connectivity index (χ4v) is 3.44. The average molecular weight is 345 g/mol. The highest BCUT2D eigenvalue weighted by Crippen LogP contribution is 2.34. The predicted molar refractivity (Wildman–Crippen MR) is 112 cm³/mol. The lowest BCUT2D eigenvalue weighted by atomic mass is 10.1. The van der Waals surface area contributed by atoms with Gasteiger partial charge in [0.2, 0.25) is 0 Å². The number of fused-ring (bicyclic) bond motifs is 1. The lowest BCUT2D eigenvalue weighted by molar-refractivity contribution is 0.306. The average Bonchev–Trinajstić information content (AvgIpc) is 2.95. The molecule has 0 radical (unpaired) electrons. The Bertz CT molecular complexity index is 932. The van der Waals surface area contributed by atoms with Crippen LogP contribution < -0.4 is 4.74 Å². The van der Waals surface area contributed by atoms with E-state index in [2.05, 4.69) is 74.4 Å². The first-order valence-corrected chi connectivity index (χ1v) is 9.27. The Labute approximate surface area is 156 Å². The maximum atomic E-state index is 6.05. The number of aryl methyl sites for hydroxylation is 1. The molecule has 0 saturated carbocycles. The van der Waals surface area contributed by atoms with Crippen LogP contribution >= 0.6 is 0 Å². The van der Waals surface area contributed by atoms with Crippen LogP contribution in [0.25, 0.3) is 22.6 Å². The molecule has 0 unspecified atom stereocenters. The van der Waals surface area contributed by atoms with E-state index in [1.807, 2.05) is 18.2 Å². The van der Waals surface area contributed by atoms with Crippen molar-refractivity contribution in [3.63, 3.8) is 0 Å². The normalized spacial score (nSPS) is 11.3. The van der Waals surface area contributed by atoms with Gasteiger partial charge in [-0.25, -0.2) is 0 Å². The van der Waals surface area contributed by atoms with Gasteiger partial charge in [0.15, 0.2) is 0 Å². The van der Waals surface area contributed by atoms with Gasteiger partial charge in [-0.15, -0.1) is 0 Å². The van der Waals surface area contributed by atoms with Crippen LogP contribution in [0.3, 0.4) is 0 Å². The van der Waals surface area contributed by atoms with Crippen molar-refractivity contribution in [1.29, 1.82) is 0 Å². The number of ether oxygens (including phenoxy) is 1. The summed E-state index contributed by atoms with van der Waals surface area (Å²) in [5.41, 5.74) is 5.95. The summed E-state index contributed by atoms with van der Waals surface area (Å²) in [5, 5.41) is 1.25. The van der Waals surface area contributed by atoms with E-state index in [0.29, 0.717) is 6.61 Å². The van der Waals surface area contributed by atoms with Gasteiger partial charge in [-0.1, -0.05) is 56.0 Å². The summed E-state index contributed by atoms with van der Waals surface area (Å²) in [6, 6.07) is 16.7. The Kier molecular flexibility index (Phi) is 5.62. The van der Waals surface area contributed by atoms with Gasteiger partial charge in [0.05, 0.1) is 11.2 Å². The Balaban J connectivity index is 2.04. The number of allylic oxidation sites excluding steroid dienone is 2. The molecule has 0 aliphatic carbocycles. The summed E-state index contributed by atoms with van der Waals surface area (Å²) >= 11 is 0. The highest BCUT2D eigenvalue weighted by atomic mass is 16.5. The molecule has 1 heterocycles. The van der Waals surface area contributed by atoms with Gasteiger partial charge in [-0.05, 0) is 43.5 Å². The monoisotopic (exact) mass is 345 g/mol. The predicted octanol–water partition coefficient (Wildman–Crippen LogP) is 6.70. The molecule has 0 amide bonds. The molecule has 3 rings (SSSR count). The summed E-state index contributed by atoms with van der Waals surface area (Å²) in [7, 11) is 0. The zero-order valence-electron chi connectivity index (χ0n) is 16.0. The van der Waals surface area contributed by atoms with Gasteiger partial charge in [-0.3, -0.25) is 0 Å². The van der Waals surface area contributed by atoms with Crippen LogP contribution in [0.4, 0.5) is 0 Å². The molecule has 26 heavy (non-hydrogen) atoms. The molecule has 0 atom stereocenters. The molecule has 2 nitrogen and oxygen atoms in total.